The molecule has 6 heteroatoms. The quantitative estimate of drug-likeness (QED) is 0.473. The van der Waals surface area contributed by atoms with E-state index in [4.69, 9.17) is 10.8 Å². The Kier molecular flexibility index (Phi) is 6.17. The van der Waals surface area contributed by atoms with Crippen LogP contribution in [0.3, 0.4) is 0 Å². The van der Waals surface area contributed by atoms with Crippen LogP contribution in [0.15, 0.2) is 0 Å². The minimum absolute atomic E-state index is 0. The summed E-state index contributed by atoms with van der Waals surface area (Å²) >= 11 is 0. The fraction of sp³-hybridized carbons (Fsp3) is 0.667. The number of nitrogens with two attached hydrogens (primary N) is 1. The van der Waals surface area contributed by atoms with Crippen LogP contribution in [0.4, 0.5) is 0 Å². The SMILES string of the molecule is C[C@H](N)C(=O)N[C@@H](C)C(=O)O.O.[H+]. The van der Waals surface area contributed by atoms with Crippen LogP contribution in [0.25, 0.3) is 0 Å². The highest BCUT2D eigenvalue weighted by Crippen LogP contribution is 1.83. The summed E-state index contributed by atoms with van der Waals surface area (Å²) in [5.41, 5.74) is 5.18. The maximum Gasteiger partial charge on any atom is 1.00 e. The van der Waals surface area contributed by atoms with E-state index in [0.29, 0.717) is 0 Å². The van der Waals surface area contributed by atoms with Gasteiger partial charge in [-0.05, 0) is 13.8 Å². The normalized spacial score (nSPS) is 13.9. The third kappa shape index (κ3) is 4.64. The van der Waals surface area contributed by atoms with Gasteiger partial charge in [0.2, 0.25) is 5.91 Å². The van der Waals surface area contributed by atoms with Crippen LogP contribution in [-0.4, -0.2) is 34.5 Å². The Hall–Kier alpha value is -1.14. The van der Waals surface area contributed by atoms with Crippen LogP contribution < -0.4 is 11.1 Å². The number of nitrogens with one attached hydrogen (secondary N) is 1. The van der Waals surface area contributed by atoms with Crippen molar-refractivity contribution in [3.05, 3.63) is 0 Å². The highest BCUT2D eigenvalue weighted by molar-refractivity contribution is 5.86. The van der Waals surface area contributed by atoms with Crippen molar-refractivity contribution >= 4 is 11.9 Å². The Morgan fingerprint density at radius 2 is 1.92 bits per heavy atom. The number of hydrogen-bond acceptors (Lipinski definition) is 3. The van der Waals surface area contributed by atoms with Crippen molar-refractivity contribution in [2.45, 2.75) is 25.9 Å². The monoisotopic (exact) mass is 179 g/mol. The molecule has 0 unspecified atom stereocenters. The molecule has 2 atom stereocenters. The maximum absolute atomic E-state index is 10.8. The zero-order valence-electron chi connectivity index (χ0n) is 8.00. The first-order chi connectivity index (χ1) is 4.95. The molecule has 0 spiro atoms. The molecule has 0 aliphatic carbocycles. The largest absolute Gasteiger partial charge is 1.00 e. The summed E-state index contributed by atoms with van der Waals surface area (Å²) in [7, 11) is 0. The van der Waals surface area contributed by atoms with E-state index >= 15 is 0 Å². The summed E-state index contributed by atoms with van der Waals surface area (Å²) < 4.78 is 0. The first-order valence-electron chi connectivity index (χ1n) is 3.24. The lowest BCUT2D eigenvalue weighted by Crippen LogP contribution is -2.45. The van der Waals surface area contributed by atoms with Crippen molar-refractivity contribution in [3.63, 3.8) is 0 Å². The predicted molar refractivity (Wildman–Crippen MR) is 43.6 cm³/mol. The van der Waals surface area contributed by atoms with Crippen LogP contribution in [-0.2, 0) is 9.59 Å². The Balaban J connectivity index is -0.000000500. The maximum atomic E-state index is 10.8. The summed E-state index contributed by atoms with van der Waals surface area (Å²) in [6.07, 6.45) is 0. The zero-order chi connectivity index (χ0) is 9.02. The second kappa shape index (κ2) is 5.50. The van der Waals surface area contributed by atoms with Gasteiger partial charge in [0.25, 0.3) is 0 Å². The van der Waals surface area contributed by atoms with E-state index in [-0.39, 0.29) is 6.90 Å². The molecule has 0 radical (unpaired) electrons. The van der Waals surface area contributed by atoms with Crippen LogP contribution >= 0.6 is 0 Å². The van der Waals surface area contributed by atoms with Crippen molar-refractivity contribution in [2.24, 2.45) is 5.73 Å². The van der Waals surface area contributed by atoms with E-state index in [2.05, 4.69) is 5.32 Å². The lowest BCUT2D eigenvalue weighted by atomic mass is 10.3. The molecule has 6 N–H and O–H groups in total. The summed E-state index contributed by atoms with van der Waals surface area (Å²) in [5.74, 6) is -1.53. The molecule has 1 amide bonds. The molecular weight excluding hydrogens is 164 g/mol. The third-order valence-electron chi connectivity index (χ3n) is 1.14. The van der Waals surface area contributed by atoms with Gasteiger partial charge in [-0.25, -0.2) is 0 Å². The van der Waals surface area contributed by atoms with Crippen LogP contribution in [0.2, 0.25) is 0 Å². The smallest absolute Gasteiger partial charge is 0.480 e. The average molecular weight is 179 g/mol. The number of aliphatic carboxylic acids is 1. The van der Waals surface area contributed by atoms with Gasteiger partial charge in [-0.15, -0.1) is 0 Å². The van der Waals surface area contributed by atoms with E-state index in [1.807, 2.05) is 0 Å². The van der Waals surface area contributed by atoms with Gasteiger partial charge in [0, 0.05) is 0 Å². The van der Waals surface area contributed by atoms with Crippen molar-refractivity contribution in [3.8, 4) is 0 Å². The highest BCUT2D eigenvalue weighted by Gasteiger charge is 2.15. The summed E-state index contributed by atoms with van der Waals surface area (Å²) in [4.78, 5) is 21.0. The molecule has 0 bridgehead atoms. The molecule has 0 aromatic heterocycles. The van der Waals surface area contributed by atoms with Crippen LogP contribution in [0.1, 0.15) is 15.3 Å². The molecule has 0 aromatic carbocycles. The first kappa shape index (κ1) is 13.4. The summed E-state index contributed by atoms with van der Waals surface area (Å²) in [6, 6.07) is -1.55. The van der Waals surface area contributed by atoms with Gasteiger partial charge < -0.3 is 21.6 Å². The minimum Gasteiger partial charge on any atom is -0.480 e. The molecule has 12 heavy (non-hydrogen) atoms. The van der Waals surface area contributed by atoms with Gasteiger partial charge in [-0.1, -0.05) is 0 Å². The topological polar surface area (TPSA) is 124 Å². The van der Waals surface area contributed by atoms with Gasteiger partial charge in [0.1, 0.15) is 6.04 Å². The summed E-state index contributed by atoms with van der Waals surface area (Å²) in [6.45, 7) is 2.87. The molecule has 0 heterocycles. The molecule has 0 saturated heterocycles. The minimum atomic E-state index is -1.07. The fourth-order valence-corrected chi connectivity index (χ4v) is 0.407. The Morgan fingerprint density at radius 3 is 2.17 bits per heavy atom. The molecule has 0 aromatic rings. The molecule has 0 rings (SSSR count). The number of carbonyl (C=O) groups excluding carboxylic acids is 1. The van der Waals surface area contributed by atoms with Gasteiger partial charge in [0.15, 0.2) is 0 Å². The standard InChI is InChI=1S/C6H12N2O3.H2O/c1-3(7)5(9)8-4(2)6(10)11;/h3-4H,7H2,1-2H3,(H,8,9)(H,10,11);1H2/p+1/t3-,4-;/m0./s1. The fourth-order valence-electron chi connectivity index (χ4n) is 0.407. The van der Waals surface area contributed by atoms with Crippen molar-refractivity contribution in [1.29, 1.82) is 0 Å². The molecule has 0 saturated carbocycles. The average Bonchev–Trinajstić information content (AvgIpc) is 1.87. The highest BCUT2D eigenvalue weighted by atomic mass is 16.4. The van der Waals surface area contributed by atoms with Gasteiger partial charge in [-0.2, -0.15) is 0 Å². The van der Waals surface area contributed by atoms with Gasteiger partial charge in [-0.3, -0.25) is 9.59 Å². The number of carboxylic acids is 1. The third-order valence-corrected chi connectivity index (χ3v) is 1.14. The van der Waals surface area contributed by atoms with E-state index in [9.17, 15) is 9.59 Å². The summed E-state index contributed by atoms with van der Waals surface area (Å²) in [5, 5.41) is 10.6. The first-order valence-corrected chi connectivity index (χ1v) is 3.24. The van der Waals surface area contributed by atoms with E-state index in [1.165, 1.54) is 13.8 Å². The predicted octanol–water partition coefficient (Wildman–Crippen LogP) is -1.79. The van der Waals surface area contributed by atoms with Crippen molar-refractivity contribution in [2.75, 3.05) is 0 Å². The number of hydrogen-bond donors (Lipinski definition) is 3. The molecule has 0 fully saturated rings. The second-order valence-corrected chi connectivity index (χ2v) is 2.36. The molecule has 72 valence electrons. The van der Waals surface area contributed by atoms with E-state index in [1.54, 1.807) is 0 Å². The van der Waals surface area contributed by atoms with Gasteiger partial charge >= 0.3 is 7.40 Å². The van der Waals surface area contributed by atoms with Crippen LogP contribution in [0.5, 0.6) is 0 Å². The lowest BCUT2D eigenvalue weighted by molar-refractivity contribution is -0.141. The Morgan fingerprint density at radius 1 is 1.50 bits per heavy atom. The van der Waals surface area contributed by atoms with Crippen molar-refractivity contribution in [1.82, 2.24) is 5.32 Å². The Bertz CT molecular complexity index is 174. The zero-order valence-corrected chi connectivity index (χ0v) is 7.00. The molecule has 0 aliphatic rings. The molecule has 6 nitrogen and oxygen atoms in total. The Labute approximate surface area is 71.5 Å². The number of rotatable bonds is 3. The van der Waals surface area contributed by atoms with Gasteiger partial charge in [0.05, 0.1) is 6.04 Å². The van der Waals surface area contributed by atoms with E-state index in [0.717, 1.165) is 0 Å². The number of amides is 1. The number of carboxylic acid groups (broad SMARTS) is 1. The second-order valence-electron chi connectivity index (χ2n) is 2.36. The number of carbonyl (C=O) groups is 2. The van der Waals surface area contributed by atoms with Crippen molar-refractivity contribution < 1.29 is 21.6 Å². The van der Waals surface area contributed by atoms with Crippen LogP contribution in [0, 0.1) is 0 Å². The lowest BCUT2D eigenvalue weighted by Gasteiger charge is -2.10. The molecular formula is C6H15N2O4+. The molecule has 0 aliphatic heterocycles. The van der Waals surface area contributed by atoms with E-state index < -0.39 is 24.0 Å².